The van der Waals surface area contributed by atoms with Gasteiger partial charge in [0.25, 0.3) is 0 Å². The third kappa shape index (κ3) is 2.28. The normalized spacial score (nSPS) is 16.1. The molecule has 0 aromatic carbocycles. The number of nitrogens with two attached hydrogens (primary N) is 1. The number of hydrogen-bond acceptors (Lipinski definition) is 6. The molecule has 18 heavy (non-hydrogen) atoms. The standard InChI is InChI=1S/C11H16N2O5/c1-5-8(15)7(6(4-14)3-13-5)9(12)11(2,18)10(16)17/h3,9,14-15,18H,4,12H2,1-2H3,(H,16,17)/t9?,11-/m1/s1. The topological polar surface area (TPSA) is 137 Å². The third-order valence-corrected chi connectivity index (χ3v) is 2.88. The lowest BCUT2D eigenvalue weighted by Gasteiger charge is -2.28. The monoisotopic (exact) mass is 256 g/mol. The minimum Gasteiger partial charge on any atom is -0.506 e. The molecule has 1 rings (SSSR count). The summed E-state index contributed by atoms with van der Waals surface area (Å²) < 4.78 is 0. The molecule has 0 aliphatic heterocycles. The predicted molar refractivity (Wildman–Crippen MR) is 61.7 cm³/mol. The highest BCUT2D eigenvalue weighted by atomic mass is 16.4. The second-order valence-electron chi connectivity index (χ2n) is 4.22. The maximum Gasteiger partial charge on any atom is 0.337 e. The number of rotatable bonds is 4. The molecule has 0 aliphatic carbocycles. The van der Waals surface area contributed by atoms with Gasteiger partial charge in [0.15, 0.2) is 5.60 Å². The lowest BCUT2D eigenvalue weighted by Crippen LogP contribution is -2.46. The van der Waals surface area contributed by atoms with Crippen molar-refractivity contribution in [2.75, 3.05) is 0 Å². The summed E-state index contributed by atoms with van der Waals surface area (Å²) in [6.07, 6.45) is 1.28. The molecule has 0 amide bonds. The molecule has 1 aromatic heterocycles. The van der Waals surface area contributed by atoms with Gasteiger partial charge in [-0.3, -0.25) is 4.98 Å². The van der Waals surface area contributed by atoms with Crippen molar-refractivity contribution in [3.05, 3.63) is 23.0 Å². The number of aliphatic hydroxyl groups is 2. The Hall–Kier alpha value is -1.70. The number of pyridine rings is 1. The van der Waals surface area contributed by atoms with E-state index in [0.29, 0.717) is 0 Å². The fraction of sp³-hybridized carbons (Fsp3) is 0.455. The molecule has 0 bridgehead atoms. The number of aliphatic hydroxyl groups excluding tert-OH is 1. The molecule has 7 heteroatoms. The summed E-state index contributed by atoms with van der Waals surface area (Å²) in [7, 11) is 0. The zero-order valence-electron chi connectivity index (χ0n) is 10.1. The highest BCUT2D eigenvalue weighted by Gasteiger charge is 2.40. The number of carbonyl (C=O) groups is 1. The lowest BCUT2D eigenvalue weighted by molar-refractivity contribution is -0.158. The first-order valence-electron chi connectivity index (χ1n) is 5.23. The average Bonchev–Trinajstić information content (AvgIpc) is 2.31. The first-order valence-corrected chi connectivity index (χ1v) is 5.23. The molecule has 0 spiro atoms. The molecular formula is C11H16N2O5. The number of aryl methyl sites for hydroxylation is 1. The zero-order chi connectivity index (χ0) is 14.1. The van der Waals surface area contributed by atoms with Crippen molar-refractivity contribution in [1.29, 1.82) is 0 Å². The zero-order valence-corrected chi connectivity index (χ0v) is 10.1. The number of aliphatic carboxylic acids is 1. The van der Waals surface area contributed by atoms with E-state index in [0.717, 1.165) is 6.92 Å². The van der Waals surface area contributed by atoms with Crippen LogP contribution in [-0.4, -0.2) is 37.0 Å². The Bertz CT molecular complexity index is 473. The van der Waals surface area contributed by atoms with Gasteiger partial charge in [0, 0.05) is 17.3 Å². The quantitative estimate of drug-likeness (QED) is 0.486. The van der Waals surface area contributed by atoms with Crippen molar-refractivity contribution in [3.8, 4) is 5.75 Å². The van der Waals surface area contributed by atoms with Crippen LogP contribution < -0.4 is 5.73 Å². The van der Waals surface area contributed by atoms with Crippen LogP contribution in [0.3, 0.4) is 0 Å². The van der Waals surface area contributed by atoms with Gasteiger partial charge in [0.2, 0.25) is 0 Å². The van der Waals surface area contributed by atoms with Gasteiger partial charge in [-0.2, -0.15) is 0 Å². The van der Waals surface area contributed by atoms with Gasteiger partial charge in [0.05, 0.1) is 18.3 Å². The Labute approximate surface area is 104 Å². The summed E-state index contributed by atoms with van der Waals surface area (Å²) >= 11 is 0. The third-order valence-electron chi connectivity index (χ3n) is 2.88. The van der Waals surface area contributed by atoms with Crippen LogP contribution in [0.1, 0.15) is 29.8 Å². The smallest absolute Gasteiger partial charge is 0.337 e. The molecule has 0 saturated carbocycles. The van der Waals surface area contributed by atoms with Gasteiger partial charge in [-0.15, -0.1) is 0 Å². The van der Waals surface area contributed by atoms with Crippen molar-refractivity contribution < 1.29 is 25.2 Å². The van der Waals surface area contributed by atoms with Crippen LogP contribution in [0.2, 0.25) is 0 Å². The van der Waals surface area contributed by atoms with Crippen molar-refractivity contribution in [2.45, 2.75) is 32.1 Å². The highest BCUT2D eigenvalue weighted by molar-refractivity contribution is 5.78. The molecule has 100 valence electrons. The molecule has 1 heterocycles. The number of hydrogen-bond donors (Lipinski definition) is 5. The number of carboxylic acids is 1. The minimum absolute atomic E-state index is 0.0163. The maximum atomic E-state index is 10.9. The molecule has 7 nitrogen and oxygen atoms in total. The van der Waals surface area contributed by atoms with Gasteiger partial charge in [-0.05, 0) is 13.8 Å². The van der Waals surface area contributed by atoms with E-state index in [1.54, 1.807) is 0 Å². The van der Waals surface area contributed by atoms with Gasteiger partial charge >= 0.3 is 5.97 Å². The van der Waals surface area contributed by atoms with Crippen LogP contribution in [-0.2, 0) is 11.4 Å². The molecule has 0 saturated heterocycles. The highest BCUT2D eigenvalue weighted by Crippen LogP contribution is 2.34. The number of aromatic hydroxyl groups is 1. The van der Waals surface area contributed by atoms with Crippen molar-refractivity contribution in [3.63, 3.8) is 0 Å². The van der Waals surface area contributed by atoms with Crippen molar-refractivity contribution in [2.24, 2.45) is 5.73 Å². The molecule has 0 aliphatic rings. The van der Waals surface area contributed by atoms with Crippen LogP contribution in [0.5, 0.6) is 5.75 Å². The summed E-state index contributed by atoms with van der Waals surface area (Å²) in [5.41, 5.74) is 3.81. The van der Waals surface area contributed by atoms with E-state index in [-0.39, 0.29) is 22.6 Å². The van der Waals surface area contributed by atoms with Crippen LogP contribution in [0.15, 0.2) is 6.20 Å². The Morgan fingerprint density at radius 3 is 2.61 bits per heavy atom. The minimum atomic E-state index is -2.27. The van der Waals surface area contributed by atoms with E-state index in [2.05, 4.69) is 4.98 Å². The average molecular weight is 256 g/mol. The Kier molecular flexibility index (Phi) is 3.90. The molecule has 2 atom stereocenters. The summed E-state index contributed by atoms with van der Waals surface area (Å²) in [6, 6.07) is -1.39. The van der Waals surface area contributed by atoms with Crippen molar-refractivity contribution >= 4 is 5.97 Å². The van der Waals surface area contributed by atoms with Crippen LogP contribution in [0.4, 0.5) is 0 Å². The van der Waals surface area contributed by atoms with E-state index in [9.17, 15) is 15.0 Å². The fourth-order valence-electron chi connectivity index (χ4n) is 1.54. The maximum absolute atomic E-state index is 10.9. The predicted octanol–water partition coefficient (Wildman–Crippen LogP) is -0.577. The summed E-state index contributed by atoms with van der Waals surface area (Å²) in [5.74, 6) is -1.84. The lowest BCUT2D eigenvalue weighted by atomic mass is 9.88. The summed E-state index contributed by atoms with van der Waals surface area (Å²) in [5, 5.41) is 37.7. The summed E-state index contributed by atoms with van der Waals surface area (Å²) in [4.78, 5) is 14.8. The number of nitrogens with zero attached hydrogens (tertiary/aromatic N) is 1. The molecular weight excluding hydrogens is 240 g/mol. The van der Waals surface area contributed by atoms with Crippen molar-refractivity contribution in [1.82, 2.24) is 4.98 Å². The molecule has 0 radical (unpaired) electrons. The van der Waals surface area contributed by atoms with E-state index < -0.39 is 24.2 Å². The van der Waals surface area contributed by atoms with Crippen LogP contribution in [0.25, 0.3) is 0 Å². The Balaban J connectivity index is 3.40. The van der Waals surface area contributed by atoms with Gasteiger partial charge < -0.3 is 26.2 Å². The Morgan fingerprint density at radius 1 is 1.61 bits per heavy atom. The van der Waals surface area contributed by atoms with E-state index in [1.165, 1.54) is 13.1 Å². The van der Waals surface area contributed by atoms with E-state index in [1.807, 2.05) is 0 Å². The second kappa shape index (κ2) is 4.89. The molecule has 0 fully saturated rings. The Morgan fingerprint density at radius 2 is 2.17 bits per heavy atom. The number of carboxylic acid groups (broad SMARTS) is 1. The molecule has 6 N–H and O–H groups in total. The van der Waals surface area contributed by atoms with Gasteiger partial charge in [0.1, 0.15) is 5.75 Å². The number of aromatic nitrogens is 1. The van der Waals surface area contributed by atoms with E-state index in [4.69, 9.17) is 15.9 Å². The molecule has 1 unspecified atom stereocenters. The molecule has 1 aromatic rings. The first kappa shape index (κ1) is 14.4. The first-order chi connectivity index (χ1) is 8.23. The van der Waals surface area contributed by atoms with Crippen LogP contribution in [0, 0.1) is 6.92 Å². The largest absolute Gasteiger partial charge is 0.506 e. The second-order valence-corrected chi connectivity index (χ2v) is 4.22. The SMILES string of the molecule is Cc1ncc(CO)c(C(N)[C@@](C)(O)C(=O)O)c1O. The fourth-order valence-corrected chi connectivity index (χ4v) is 1.54. The van der Waals surface area contributed by atoms with Gasteiger partial charge in [-0.25, -0.2) is 4.79 Å². The van der Waals surface area contributed by atoms with E-state index >= 15 is 0 Å². The van der Waals surface area contributed by atoms with Gasteiger partial charge in [-0.1, -0.05) is 0 Å². The summed E-state index contributed by atoms with van der Waals surface area (Å²) in [6.45, 7) is 2.05. The van der Waals surface area contributed by atoms with Crippen LogP contribution >= 0.6 is 0 Å².